The molecule has 0 aliphatic carbocycles. The van der Waals surface area contributed by atoms with E-state index in [-0.39, 0.29) is 25.1 Å². The minimum atomic E-state index is -2.08. The summed E-state index contributed by atoms with van der Waals surface area (Å²) in [6.07, 6.45) is 0.123. The Kier molecular flexibility index (Phi) is 4.75. The first kappa shape index (κ1) is 24.8. The van der Waals surface area contributed by atoms with E-state index in [0.29, 0.717) is 38.3 Å². The summed E-state index contributed by atoms with van der Waals surface area (Å²) in [5.74, 6) is -2.29. The summed E-state index contributed by atoms with van der Waals surface area (Å²) < 4.78 is 15.4. The molecule has 5 aromatic rings. The number of aromatic nitrogens is 2. The number of fused-ring (bicyclic) bond motifs is 13. The van der Waals surface area contributed by atoms with Gasteiger partial charge in [-0.25, -0.2) is 4.79 Å². The fourth-order valence-electron chi connectivity index (χ4n) is 7.19. The number of carbonyl (C=O) groups excluding carboxylic acids is 4. The molecule has 3 atom stereocenters. The van der Waals surface area contributed by atoms with Crippen molar-refractivity contribution in [1.82, 2.24) is 19.8 Å². The Bertz CT molecular complexity index is 2120. The van der Waals surface area contributed by atoms with Crippen LogP contribution >= 0.6 is 0 Å². The number of amides is 3. The molecule has 2 bridgehead atoms. The number of aliphatic hydroxyl groups is 1. The molecule has 0 radical (unpaired) electrons. The fraction of sp³-hybridized carbons (Fsp3) is 0.226. The topological polar surface area (TPSA) is 141 Å². The molecule has 3 aromatic carbocycles. The molecule has 11 heteroatoms. The molecule has 1 fully saturated rings. The van der Waals surface area contributed by atoms with E-state index < -0.39 is 41.2 Å². The first-order valence-electron chi connectivity index (χ1n) is 13.6. The monoisotopic (exact) mass is 564 g/mol. The maximum absolute atomic E-state index is 13.8. The average Bonchev–Trinajstić information content (AvgIpc) is 3.65. The third-order valence-corrected chi connectivity index (χ3v) is 8.93. The Morgan fingerprint density at radius 2 is 1.69 bits per heavy atom. The number of ether oxygens (including phenoxy) is 2. The molecule has 8 rings (SSSR count). The van der Waals surface area contributed by atoms with Gasteiger partial charge in [0, 0.05) is 34.0 Å². The number of imide groups is 1. The lowest BCUT2D eigenvalue weighted by Crippen LogP contribution is -2.60. The molecule has 210 valence electrons. The number of hydrogen-bond acceptors (Lipinski definition) is 7. The lowest BCUT2D eigenvalue weighted by atomic mass is 9.87. The summed E-state index contributed by atoms with van der Waals surface area (Å²) in [7, 11) is 0. The van der Waals surface area contributed by atoms with Crippen LogP contribution in [0.3, 0.4) is 0 Å². The summed E-state index contributed by atoms with van der Waals surface area (Å²) in [4.78, 5) is 52.0. The predicted molar refractivity (Wildman–Crippen MR) is 152 cm³/mol. The van der Waals surface area contributed by atoms with Crippen LogP contribution in [0, 0.1) is 0 Å². The van der Waals surface area contributed by atoms with E-state index in [1.54, 1.807) is 11.5 Å². The Morgan fingerprint density at radius 1 is 1.07 bits per heavy atom. The molecule has 3 aliphatic heterocycles. The molecule has 0 saturated carbocycles. The van der Waals surface area contributed by atoms with Crippen molar-refractivity contribution >= 4 is 67.3 Å². The minimum absolute atomic E-state index is 0.0353. The van der Waals surface area contributed by atoms with Gasteiger partial charge < -0.3 is 29.0 Å². The van der Waals surface area contributed by atoms with E-state index in [1.807, 2.05) is 53.1 Å². The molecule has 3 amide bonds. The maximum atomic E-state index is 13.8. The van der Waals surface area contributed by atoms with E-state index in [1.165, 1.54) is 0 Å². The second-order valence-electron chi connectivity index (χ2n) is 11.0. The smallest absolute Gasteiger partial charge is 0.330 e. The lowest BCUT2D eigenvalue weighted by Gasteiger charge is -2.38. The van der Waals surface area contributed by atoms with Crippen LogP contribution < -0.4 is 10.6 Å². The molecule has 0 spiro atoms. The van der Waals surface area contributed by atoms with Crippen molar-refractivity contribution in [3.8, 4) is 0 Å². The largest absolute Gasteiger partial charge is 0.461 e. The summed E-state index contributed by atoms with van der Waals surface area (Å²) in [6.45, 7) is 4.88. The van der Waals surface area contributed by atoms with Crippen LogP contribution in [-0.2, 0) is 24.8 Å². The van der Waals surface area contributed by atoms with Crippen molar-refractivity contribution in [2.75, 3.05) is 13.2 Å². The number of benzene rings is 3. The summed E-state index contributed by atoms with van der Waals surface area (Å²) in [5, 5.41) is 20.1. The molecule has 3 aliphatic rings. The first-order valence-corrected chi connectivity index (χ1v) is 13.6. The first-order chi connectivity index (χ1) is 20.2. The van der Waals surface area contributed by atoms with Gasteiger partial charge in [0.05, 0.1) is 39.7 Å². The number of nitrogens with zero attached hydrogens (tertiary/aromatic N) is 2. The van der Waals surface area contributed by atoms with Crippen molar-refractivity contribution in [3.63, 3.8) is 0 Å². The van der Waals surface area contributed by atoms with Crippen LogP contribution in [0.1, 0.15) is 40.3 Å². The lowest BCUT2D eigenvalue weighted by molar-refractivity contribution is -0.187. The highest BCUT2D eigenvalue weighted by Gasteiger charge is 2.65. The molecule has 5 heterocycles. The highest BCUT2D eigenvalue weighted by atomic mass is 16.6. The van der Waals surface area contributed by atoms with Gasteiger partial charge in [-0.15, -0.1) is 0 Å². The fourth-order valence-corrected chi connectivity index (χ4v) is 7.19. The number of rotatable bonds is 5. The van der Waals surface area contributed by atoms with E-state index in [4.69, 9.17) is 9.47 Å². The third kappa shape index (κ3) is 2.76. The van der Waals surface area contributed by atoms with Gasteiger partial charge in [0.25, 0.3) is 17.7 Å². The third-order valence-electron chi connectivity index (χ3n) is 8.93. The van der Waals surface area contributed by atoms with Gasteiger partial charge in [0.15, 0.2) is 11.3 Å². The molecule has 11 nitrogen and oxygen atoms in total. The number of carbonyl (C=O) groups is 4. The number of nitrogens with one attached hydrogen (secondary N) is 2. The predicted octanol–water partition coefficient (Wildman–Crippen LogP) is 2.97. The van der Waals surface area contributed by atoms with Crippen molar-refractivity contribution in [2.24, 2.45) is 0 Å². The van der Waals surface area contributed by atoms with Crippen LogP contribution in [0.15, 0.2) is 61.2 Å². The molecule has 1 unspecified atom stereocenters. The van der Waals surface area contributed by atoms with Gasteiger partial charge in [-0.3, -0.25) is 19.7 Å². The van der Waals surface area contributed by atoms with Gasteiger partial charge in [-0.05, 0) is 19.1 Å². The summed E-state index contributed by atoms with van der Waals surface area (Å²) in [6, 6.07) is 14.9. The second-order valence-corrected chi connectivity index (χ2v) is 11.0. The van der Waals surface area contributed by atoms with Gasteiger partial charge >= 0.3 is 5.97 Å². The zero-order chi connectivity index (χ0) is 29.1. The number of hydrogen-bond donors (Lipinski definition) is 3. The number of esters is 1. The van der Waals surface area contributed by atoms with Crippen molar-refractivity contribution in [2.45, 2.75) is 30.9 Å². The minimum Gasteiger partial charge on any atom is -0.461 e. The number of para-hydroxylation sites is 2. The normalized spacial score (nSPS) is 24.0. The molecule has 1 saturated heterocycles. The molecular weight excluding hydrogens is 540 g/mol. The van der Waals surface area contributed by atoms with Gasteiger partial charge in [-0.1, -0.05) is 43.0 Å². The maximum Gasteiger partial charge on any atom is 0.330 e. The van der Waals surface area contributed by atoms with Gasteiger partial charge in [-0.2, -0.15) is 0 Å². The van der Waals surface area contributed by atoms with Crippen molar-refractivity contribution in [1.29, 1.82) is 0 Å². The Labute approximate surface area is 237 Å². The second kappa shape index (κ2) is 8.05. The standard InChI is InChI=1S/C31H24N4O7/c1-3-20(36)41-13-12-32-29(39)31(40)14-19-34-17-10-6-4-8-15(17)21-23-24(28(38)33-27(23)37)22-16-9-5-7-11-18(16)35(26(22)25(21)34)30(31,2)42-19/h3-11,19,40H,1,12-14H2,2H3,(H,32,39)(H,33,37,38)/t19?,30-,31-/m0/s1. The molecule has 3 N–H and O–H groups in total. The van der Waals surface area contributed by atoms with Crippen LogP contribution in [-0.4, -0.2) is 56.7 Å². The molecule has 2 aromatic heterocycles. The van der Waals surface area contributed by atoms with Crippen LogP contribution in [0.2, 0.25) is 0 Å². The highest BCUT2D eigenvalue weighted by molar-refractivity contribution is 6.39. The highest BCUT2D eigenvalue weighted by Crippen LogP contribution is 2.57. The van der Waals surface area contributed by atoms with Crippen molar-refractivity contribution < 1.29 is 33.8 Å². The quantitative estimate of drug-likeness (QED) is 0.129. The Morgan fingerprint density at radius 3 is 2.38 bits per heavy atom. The zero-order valence-corrected chi connectivity index (χ0v) is 22.4. The van der Waals surface area contributed by atoms with Gasteiger partial charge in [0.2, 0.25) is 0 Å². The van der Waals surface area contributed by atoms with Gasteiger partial charge in [0.1, 0.15) is 12.8 Å². The average molecular weight is 565 g/mol. The van der Waals surface area contributed by atoms with E-state index in [0.717, 1.165) is 17.0 Å². The SMILES string of the molecule is C=CC(=O)OCCNC(=O)[C@@]1(O)CC2O[C@]1(C)n1c3ccccc3c3c4c(c5c6ccccc6n2c5c31)C(=O)NC4=O. The summed E-state index contributed by atoms with van der Waals surface area (Å²) >= 11 is 0. The zero-order valence-electron chi connectivity index (χ0n) is 22.4. The van der Waals surface area contributed by atoms with Crippen molar-refractivity contribution in [3.05, 3.63) is 72.3 Å². The van der Waals surface area contributed by atoms with E-state index >= 15 is 0 Å². The van der Waals surface area contributed by atoms with Crippen LogP contribution in [0.25, 0.3) is 43.6 Å². The molecular formula is C31H24N4O7. The molecule has 42 heavy (non-hydrogen) atoms. The van der Waals surface area contributed by atoms with E-state index in [2.05, 4.69) is 17.2 Å². The Balaban J connectivity index is 1.46. The summed E-state index contributed by atoms with van der Waals surface area (Å²) in [5.41, 5.74) is -0.504. The van der Waals surface area contributed by atoms with Crippen LogP contribution in [0.4, 0.5) is 0 Å². The van der Waals surface area contributed by atoms with E-state index in [9.17, 15) is 24.3 Å². The van der Waals surface area contributed by atoms with Crippen LogP contribution in [0.5, 0.6) is 0 Å². The Hall–Kier alpha value is -5.00.